The average Bonchev–Trinajstić information content (AvgIpc) is 3.19. The smallest absolute Gasteiger partial charge is 0.141 e. The molecular weight excluding hydrogens is 394 g/mol. The molecule has 1 aromatic rings. The van der Waals surface area contributed by atoms with Crippen LogP contribution in [0, 0.1) is 5.92 Å². The van der Waals surface area contributed by atoms with Gasteiger partial charge >= 0.3 is 0 Å². The van der Waals surface area contributed by atoms with Crippen molar-refractivity contribution in [3.05, 3.63) is 34.3 Å². The topological polar surface area (TPSA) is 115 Å². The fourth-order valence-corrected chi connectivity index (χ4v) is 5.12. The highest BCUT2D eigenvalue weighted by Crippen LogP contribution is 2.39. The highest BCUT2D eigenvalue weighted by Gasteiger charge is 2.56. The molecule has 3 unspecified atom stereocenters. The van der Waals surface area contributed by atoms with Crippen molar-refractivity contribution in [2.24, 2.45) is 11.7 Å². The standard InChI is InChI=1S/C20H32ClN5O3/c1-20(28)15(8-11-3-4-13(21)7-12(11)9-23-2)29-19(16(20)27)26-6-5-14-17(22)24-10-25-18(14)26/h3-4,7,14-19,23-25,27-28H,5-6,8-10,22H2,1-2H3/t14?,15-,16+,17?,18?,19-,20-/m1/s1. The summed E-state index contributed by atoms with van der Waals surface area (Å²) in [6.45, 7) is 3.69. The van der Waals surface area contributed by atoms with Crippen LogP contribution in [0.2, 0.25) is 5.02 Å². The molecule has 3 aliphatic heterocycles. The van der Waals surface area contributed by atoms with Crippen molar-refractivity contribution in [2.45, 2.75) is 62.7 Å². The number of benzene rings is 1. The van der Waals surface area contributed by atoms with E-state index in [1.54, 1.807) is 6.92 Å². The summed E-state index contributed by atoms with van der Waals surface area (Å²) in [6.07, 6.45) is -0.786. The lowest BCUT2D eigenvalue weighted by Crippen LogP contribution is -2.64. The lowest BCUT2D eigenvalue weighted by atomic mass is 9.89. The van der Waals surface area contributed by atoms with Gasteiger partial charge in [-0.25, -0.2) is 0 Å². The Morgan fingerprint density at radius 2 is 2.17 bits per heavy atom. The third kappa shape index (κ3) is 3.94. The fourth-order valence-electron chi connectivity index (χ4n) is 4.93. The SMILES string of the molecule is CNCc1cc(Cl)ccc1C[C@H]1O[C@@H](N2CCC3C(N)NCNC32)[C@H](O)[C@]1(C)O. The Balaban J connectivity index is 1.53. The summed E-state index contributed by atoms with van der Waals surface area (Å²) in [7, 11) is 1.88. The molecule has 0 spiro atoms. The van der Waals surface area contributed by atoms with Crippen LogP contribution < -0.4 is 21.7 Å². The number of hydrogen-bond donors (Lipinski definition) is 6. The molecule has 4 rings (SSSR count). The van der Waals surface area contributed by atoms with Gasteiger partial charge in [0, 0.05) is 37.1 Å². The number of likely N-dealkylation sites (tertiary alicyclic amines) is 1. The first-order valence-corrected chi connectivity index (χ1v) is 10.7. The van der Waals surface area contributed by atoms with E-state index < -0.39 is 24.0 Å². The molecule has 1 aromatic carbocycles. The molecule has 9 heteroatoms. The summed E-state index contributed by atoms with van der Waals surface area (Å²) < 4.78 is 6.30. The van der Waals surface area contributed by atoms with Crippen molar-refractivity contribution in [1.29, 1.82) is 0 Å². The van der Waals surface area contributed by atoms with Gasteiger partial charge in [0.15, 0.2) is 0 Å². The van der Waals surface area contributed by atoms with E-state index in [-0.39, 0.29) is 18.2 Å². The minimum absolute atomic E-state index is 0.0239. The summed E-state index contributed by atoms with van der Waals surface area (Å²) in [4.78, 5) is 2.11. The largest absolute Gasteiger partial charge is 0.386 e. The third-order valence-electron chi connectivity index (χ3n) is 6.69. The number of ether oxygens (including phenoxy) is 1. The molecule has 3 heterocycles. The second-order valence-corrected chi connectivity index (χ2v) is 9.02. The number of aliphatic hydroxyl groups excluding tert-OH is 1. The highest BCUT2D eigenvalue weighted by atomic mass is 35.5. The van der Waals surface area contributed by atoms with E-state index in [0.717, 1.165) is 24.1 Å². The van der Waals surface area contributed by atoms with Crippen molar-refractivity contribution in [1.82, 2.24) is 20.9 Å². The first-order valence-electron chi connectivity index (χ1n) is 10.3. The Morgan fingerprint density at radius 3 is 2.93 bits per heavy atom. The maximum absolute atomic E-state index is 11.1. The number of halogens is 1. The second-order valence-electron chi connectivity index (χ2n) is 8.58. The molecule has 0 aliphatic carbocycles. The minimum Gasteiger partial charge on any atom is -0.386 e. The number of rotatable bonds is 5. The molecule has 0 saturated carbocycles. The molecule has 3 aliphatic rings. The van der Waals surface area contributed by atoms with Gasteiger partial charge in [-0.2, -0.15) is 0 Å². The van der Waals surface area contributed by atoms with Gasteiger partial charge in [-0.15, -0.1) is 0 Å². The van der Waals surface area contributed by atoms with E-state index in [1.807, 2.05) is 25.2 Å². The van der Waals surface area contributed by atoms with Gasteiger partial charge in [-0.1, -0.05) is 17.7 Å². The zero-order valence-electron chi connectivity index (χ0n) is 16.9. The fraction of sp³-hybridized carbons (Fsp3) is 0.700. The van der Waals surface area contributed by atoms with Gasteiger partial charge < -0.3 is 26.0 Å². The van der Waals surface area contributed by atoms with Gasteiger partial charge in [0.2, 0.25) is 0 Å². The van der Waals surface area contributed by atoms with Crippen LogP contribution >= 0.6 is 11.6 Å². The molecule has 8 nitrogen and oxygen atoms in total. The van der Waals surface area contributed by atoms with E-state index in [1.165, 1.54) is 0 Å². The number of aliphatic hydroxyl groups is 2. The number of nitrogens with one attached hydrogen (secondary N) is 3. The summed E-state index contributed by atoms with van der Waals surface area (Å²) in [5.41, 5.74) is 6.95. The van der Waals surface area contributed by atoms with Crippen LogP contribution in [-0.4, -0.2) is 71.7 Å². The van der Waals surface area contributed by atoms with Crippen LogP contribution in [0.1, 0.15) is 24.5 Å². The highest BCUT2D eigenvalue weighted by molar-refractivity contribution is 6.30. The quantitative estimate of drug-likeness (QED) is 0.375. The monoisotopic (exact) mass is 425 g/mol. The zero-order valence-corrected chi connectivity index (χ0v) is 17.7. The van der Waals surface area contributed by atoms with E-state index >= 15 is 0 Å². The minimum atomic E-state index is -1.37. The molecule has 0 amide bonds. The molecule has 7 atom stereocenters. The molecular formula is C20H32ClN5O3. The lowest BCUT2D eigenvalue weighted by molar-refractivity contribution is -0.106. The van der Waals surface area contributed by atoms with Crippen LogP contribution in [0.25, 0.3) is 0 Å². The molecule has 3 fully saturated rings. The summed E-state index contributed by atoms with van der Waals surface area (Å²) in [5, 5.41) is 32.6. The predicted molar refractivity (Wildman–Crippen MR) is 111 cm³/mol. The van der Waals surface area contributed by atoms with Crippen molar-refractivity contribution in [3.8, 4) is 0 Å². The van der Waals surface area contributed by atoms with E-state index in [2.05, 4.69) is 20.9 Å². The van der Waals surface area contributed by atoms with Crippen molar-refractivity contribution >= 4 is 11.6 Å². The Morgan fingerprint density at radius 1 is 1.38 bits per heavy atom. The lowest BCUT2D eigenvalue weighted by Gasteiger charge is -2.39. The van der Waals surface area contributed by atoms with Crippen LogP contribution in [0.5, 0.6) is 0 Å². The zero-order chi connectivity index (χ0) is 20.8. The predicted octanol–water partition coefficient (Wildman–Crippen LogP) is -0.478. The van der Waals surface area contributed by atoms with Crippen molar-refractivity contribution in [3.63, 3.8) is 0 Å². The number of hydrogen-bond acceptors (Lipinski definition) is 8. The van der Waals surface area contributed by atoms with Gasteiger partial charge in [0.05, 0.1) is 18.4 Å². The molecule has 0 radical (unpaired) electrons. The second kappa shape index (κ2) is 8.37. The van der Waals surface area contributed by atoms with Crippen LogP contribution in [0.4, 0.5) is 0 Å². The van der Waals surface area contributed by atoms with Crippen LogP contribution in [0.15, 0.2) is 18.2 Å². The van der Waals surface area contributed by atoms with Crippen molar-refractivity contribution < 1.29 is 14.9 Å². The Kier molecular flexibility index (Phi) is 6.19. The molecule has 3 saturated heterocycles. The van der Waals surface area contributed by atoms with E-state index in [9.17, 15) is 10.2 Å². The van der Waals surface area contributed by atoms with E-state index in [0.29, 0.717) is 24.7 Å². The number of fused-ring (bicyclic) bond motifs is 1. The molecule has 7 N–H and O–H groups in total. The number of nitrogens with two attached hydrogens (primary N) is 1. The molecule has 0 aromatic heterocycles. The van der Waals surface area contributed by atoms with Crippen LogP contribution in [0.3, 0.4) is 0 Å². The van der Waals surface area contributed by atoms with Crippen LogP contribution in [-0.2, 0) is 17.7 Å². The van der Waals surface area contributed by atoms with E-state index in [4.69, 9.17) is 22.1 Å². The van der Waals surface area contributed by atoms with Gasteiger partial charge in [-0.05, 0) is 43.7 Å². The molecule has 29 heavy (non-hydrogen) atoms. The summed E-state index contributed by atoms with van der Waals surface area (Å²) >= 11 is 6.16. The molecule has 162 valence electrons. The summed E-state index contributed by atoms with van der Waals surface area (Å²) in [6, 6.07) is 5.74. The Bertz CT molecular complexity index is 736. The first-order chi connectivity index (χ1) is 13.8. The molecule has 0 bridgehead atoms. The van der Waals surface area contributed by atoms with Gasteiger partial charge in [0.1, 0.15) is 17.9 Å². The average molecular weight is 426 g/mol. The van der Waals surface area contributed by atoms with Crippen molar-refractivity contribution in [2.75, 3.05) is 20.3 Å². The summed E-state index contributed by atoms with van der Waals surface area (Å²) in [5.74, 6) is 0.238. The first kappa shape index (κ1) is 21.4. The van der Waals surface area contributed by atoms with Gasteiger partial charge in [0.25, 0.3) is 0 Å². The third-order valence-corrected chi connectivity index (χ3v) is 6.92. The Labute approximate surface area is 176 Å². The van der Waals surface area contributed by atoms with Gasteiger partial charge in [-0.3, -0.25) is 15.5 Å². The maximum Gasteiger partial charge on any atom is 0.141 e. The Hall–Kier alpha value is -0.810. The normalized spacial score (nSPS) is 40.3. The number of nitrogens with zero attached hydrogens (tertiary/aromatic N) is 1. The maximum atomic E-state index is 11.1.